The van der Waals surface area contributed by atoms with E-state index in [2.05, 4.69) is 26.1 Å². The van der Waals surface area contributed by atoms with Crippen LogP contribution in [0.15, 0.2) is 54.6 Å². The minimum atomic E-state index is -0.156. The molecule has 0 heterocycles. The molecular weight excluding hydrogens is 286 g/mol. The number of hydrogen-bond donors (Lipinski definition) is 1. The van der Waals surface area contributed by atoms with Crippen molar-refractivity contribution in [2.45, 2.75) is 33.2 Å². The van der Waals surface area contributed by atoms with Gasteiger partial charge in [0.05, 0.1) is 13.2 Å². The average molecular weight is 311 g/mol. The van der Waals surface area contributed by atoms with Crippen molar-refractivity contribution in [2.75, 3.05) is 7.11 Å². The Morgan fingerprint density at radius 2 is 1.57 bits per heavy atom. The topological polar surface area (TPSA) is 38.3 Å². The number of rotatable bonds is 5. The lowest BCUT2D eigenvalue weighted by atomic mass is 9.91. The van der Waals surface area contributed by atoms with Gasteiger partial charge in [0.25, 0.3) is 0 Å². The Bertz CT molecular complexity index is 627. The molecule has 1 N–H and O–H groups in total. The van der Waals surface area contributed by atoms with Crippen molar-refractivity contribution in [3.8, 4) is 5.75 Å². The minimum Gasteiger partial charge on any atom is -0.497 e. The van der Waals surface area contributed by atoms with E-state index in [0.717, 1.165) is 16.9 Å². The van der Waals surface area contributed by atoms with Gasteiger partial charge in [-0.2, -0.15) is 0 Å². The highest BCUT2D eigenvalue weighted by atomic mass is 16.5. The Kier molecular flexibility index (Phi) is 5.43. The van der Waals surface area contributed by atoms with Crippen LogP contribution in [0, 0.1) is 5.41 Å². The van der Waals surface area contributed by atoms with Crippen molar-refractivity contribution < 1.29 is 9.53 Å². The summed E-state index contributed by atoms with van der Waals surface area (Å²) in [4.78, 5) is 12.4. The van der Waals surface area contributed by atoms with E-state index in [1.54, 1.807) is 7.11 Å². The third-order valence-corrected chi connectivity index (χ3v) is 3.58. The van der Waals surface area contributed by atoms with E-state index in [9.17, 15) is 4.79 Å². The van der Waals surface area contributed by atoms with Crippen molar-refractivity contribution in [2.24, 2.45) is 5.41 Å². The van der Waals surface area contributed by atoms with Crippen molar-refractivity contribution >= 4 is 5.91 Å². The van der Waals surface area contributed by atoms with Crippen molar-refractivity contribution in [1.29, 1.82) is 0 Å². The Morgan fingerprint density at radius 1 is 1.00 bits per heavy atom. The summed E-state index contributed by atoms with van der Waals surface area (Å²) in [5, 5.41) is 3.16. The van der Waals surface area contributed by atoms with E-state index >= 15 is 0 Å². The van der Waals surface area contributed by atoms with Gasteiger partial charge in [0.15, 0.2) is 0 Å². The maximum absolute atomic E-state index is 12.4. The largest absolute Gasteiger partial charge is 0.497 e. The van der Waals surface area contributed by atoms with E-state index in [-0.39, 0.29) is 17.4 Å². The number of methoxy groups -OCH3 is 1. The van der Waals surface area contributed by atoms with Crippen LogP contribution in [0.5, 0.6) is 5.75 Å². The van der Waals surface area contributed by atoms with E-state index in [1.165, 1.54) is 0 Å². The van der Waals surface area contributed by atoms with E-state index < -0.39 is 0 Å². The number of nitrogens with one attached hydrogen (secondary N) is 1. The molecular formula is C20H25NO2. The molecule has 0 aliphatic carbocycles. The highest BCUT2D eigenvalue weighted by molar-refractivity contribution is 5.77. The molecule has 0 aliphatic heterocycles. The Morgan fingerprint density at radius 3 is 2.09 bits per heavy atom. The number of carbonyl (C=O) groups is 1. The molecule has 0 fully saturated rings. The molecule has 1 amide bonds. The lowest BCUT2D eigenvalue weighted by molar-refractivity contribution is -0.123. The van der Waals surface area contributed by atoms with E-state index in [0.29, 0.717) is 6.42 Å². The predicted molar refractivity (Wildman–Crippen MR) is 93.5 cm³/mol. The summed E-state index contributed by atoms with van der Waals surface area (Å²) in [5.74, 6) is 0.865. The molecule has 0 radical (unpaired) electrons. The van der Waals surface area contributed by atoms with Gasteiger partial charge in [0.2, 0.25) is 5.91 Å². The molecule has 0 saturated carbocycles. The van der Waals surface area contributed by atoms with Crippen LogP contribution in [0.25, 0.3) is 0 Å². The molecule has 1 unspecified atom stereocenters. The van der Waals surface area contributed by atoms with Crippen molar-refractivity contribution in [3.63, 3.8) is 0 Å². The SMILES string of the molecule is COc1ccc(C(NC(=O)CC(C)(C)C)c2ccccc2)cc1. The molecule has 0 aromatic heterocycles. The van der Waals surface area contributed by atoms with Crippen LogP contribution in [0.2, 0.25) is 0 Å². The zero-order valence-electron chi connectivity index (χ0n) is 14.3. The summed E-state index contributed by atoms with van der Waals surface area (Å²) in [5.41, 5.74) is 2.07. The first-order valence-corrected chi connectivity index (χ1v) is 7.87. The molecule has 0 aliphatic rings. The third-order valence-electron chi connectivity index (χ3n) is 3.58. The van der Waals surface area contributed by atoms with Gasteiger partial charge in [-0.25, -0.2) is 0 Å². The van der Waals surface area contributed by atoms with Crippen molar-refractivity contribution in [3.05, 3.63) is 65.7 Å². The monoisotopic (exact) mass is 311 g/mol. The fourth-order valence-electron chi connectivity index (χ4n) is 2.49. The fraction of sp³-hybridized carbons (Fsp3) is 0.350. The van der Waals surface area contributed by atoms with Crippen LogP contribution in [0.1, 0.15) is 44.4 Å². The second-order valence-corrected chi connectivity index (χ2v) is 6.92. The van der Waals surface area contributed by atoms with Crippen LogP contribution in [0.4, 0.5) is 0 Å². The summed E-state index contributed by atoms with van der Waals surface area (Å²) in [7, 11) is 1.65. The average Bonchev–Trinajstić information content (AvgIpc) is 2.52. The van der Waals surface area contributed by atoms with Gasteiger partial charge in [-0.3, -0.25) is 4.79 Å². The molecule has 0 spiro atoms. The summed E-state index contributed by atoms with van der Waals surface area (Å²) < 4.78 is 5.21. The van der Waals surface area contributed by atoms with Gasteiger partial charge < -0.3 is 10.1 Å². The highest BCUT2D eigenvalue weighted by Gasteiger charge is 2.21. The van der Waals surface area contributed by atoms with Gasteiger partial charge in [-0.05, 0) is 28.7 Å². The smallest absolute Gasteiger partial charge is 0.221 e. The zero-order chi connectivity index (χ0) is 16.9. The Balaban J connectivity index is 2.27. The maximum Gasteiger partial charge on any atom is 0.221 e. The van der Waals surface area contributed by atoms with Gasteiger partial charge >= 0.3 is 0 Å². The standard InChI is InChI=1S/C20H25NO2/c1-20(2,3)14-18(22)21-19(15-8-6-5-7-9-15)16-10-12-17(23-4)13-11-16/h5-13,19H,14H2,1-4H3,(H,21,22). The third kappa shape index (κ3) is 5.13. The first-order valence-electron chi connectivity index (χ1n) is 7.87. The molecule has 0 saturated heterocycles. The van der Waals surface area contributed by atoms with Crippen LogP contribution < -0.4 is 10.1 Å². The predicted octanol–water partition coefficient (Wildman–Crippen LogP) is 4.34. The number of carbonyl (C=O) groups excluding carboxylic acids is 1. The molecule has 0 bridgehead atoms. The summed E-state index contributed by atoms with van der Waals surface area (Å²) in [6.07, 6.45) is 0.493. The van der Waals surface area contributed by atoms with Crippen molar-refractivity contribution in [1.82, 2.24) is 5.32 Å². The second kappa shape index (κ2) is 7.32. The van der Waals surface area contributed by atoms with Crippen LogP contribution >= 0.6 is 0 Å². The molecule has 3 nitrogen and oxygen atoms in total. The number of hydrogen-bond acceptors (Lipinski definition) is 2. The number of ether oxygens (including phenoxy) is 1. The van der Waals surface area contributed by atoms with E-state index in [4.69, 9.17) is 4.74 Å². The van der Waals surface area contributed by atoms with Crippen LogP contribution in [0.3, 0.4) is 0 Å². The lowest BCUT2D eigenvalue weighted by Crippen LogP contribution is -2.32. The molecule has 2 aromatic carbocycles. The molecule has 23 heavy (non-hydrogen) atoms. The fourth-order valence-corrected chi connectivity index (χ4v) is 2.49. The molecule has 2 aromatic rings. The van der Waals surface area contributed by atoms with Gasteiger partial charge in [0.1, 0.15) is 5.75 Å². The second-order valence-electron chi connectivity index (χ2n) is 6.92. The van der Waals surface area contributed by atoms with Crippen LogP contribution in [-0.4, -0.2) is 13.0 Å². The molecule has 122 valence electrons. The Labute approximate surface area is 138 Å². The van der Waals surface area contributed by atoms with Gasteiger partial charge in [-0.1, -0.05) is 63.2 Å². The zero-order valence-corrected chi connectivity index (χ0v) is 14.3. The summed E-state index contributed by atoms with van der Waals surface area (Å²) in [6.45, 7) is 6.20. The van der Waals surface area contributed by atoms with Gasteiger partial charge in [-0.15, -0.1) is 0 Å². The van der Waals surface area contributed by atoms with Gasteiger partial charge in [0, 0.05) is 6.42 Å². The summed E-state index contributed by atoms with van der Waals surface area (Å²) >= 11 is 0. The maximum atomic E-state index is 12.4. The Hall–Kier alpha value is -2.29. The first-order chi connectivity index (χ1) is 10.9. The lowest BCUT2D eigenvalue weighted by Gasteiger charge is -2.23. The molecule has 1 atom stereocenters. The van der Waals surface area contributed by atoms with E-state index in [1.807, 2.05) is 54.6 Å². The number of benzene rings is 2. The first kappa shape index (κ1) is 17.1. The highest BCUT2D eigenvalue weighted by Crippen LogP contribution is 2.25. The quantitative estimate of drug-likeness (QED) is 0.892. The summed E-state index contributed by atoms with van der Waals surface area (Å²) in [6, 6.07) is 17.7. The normalized spacial score (nSPS) is 12.5. The number of amides is 1. The molecule has 2 rings (SSSR count). The minimum absolute atomic E-state index is 0.0365. The molecule has 3 heteroatoms. The van der Waals surface area contributed by atoms with Crippen LogP contribution in [-0.2, 0) is 4.79 Å².